The number of anilines is 3. The van der Waals surface area contributed by atoms with Crippen LogP contribution in [-0.4, -0.2) is 55.7 Å². The highest BCUT2D eigenvalue weighted by atomic mass is 19.4. The Morgan fingerprint density at radius 2 is 1.95 bits per heavy atom. The highest BCUT2D eigenvalue weighted by Crippen LogP contribution is 2.29. The van der Waals surface area contributed by atoms with Crippen molar-refractivity contribution in [3.05, 3.63) is 60.1 Å². The standard InChI is InChI=1S/C23H19F5N8O/c24-12-3-4-14(16(25)8-12)17-10-36-21(30-11-31-36)22(33-17)35-7-1-2-13(9-35)32-18-6-5-15(20(29)34-18)19(37)23(26,27)28/h3-6,8,10-11,13H,1-2,7,9H2,(H3,29,32,34). The predicted octanol–water partition coefficient (Wildman–Crippen LogP) is 3.87. The van der Waals surface area contributed by atoms with Crippen molar-refractivity contribution >= 4 is 28.9 Å². The van der Waals surface area contributed by atoms with E-state index in [4.69, 9.17) is 5.73 Å². The fourth-order valence-electron chi connectivity index (χ4n) is 4.25. The number of nitrogens with one attached hydrogen (secondary N) is 1. The number of hydrogen-bond donors (Lipinski definition) is 2. The van der Waals surface area contributed by atoms with Crippen molar-refractivity contribution in [1.82, 2.24) is 24.6 Å². The van der Waals surface area contributed by atoms with Crippen LogP contribution in [0.15, 0.2) is 42.9 Å². The number of aromatic nitrogens is 5. The van der Waals surface area contributed by atoms with Gasteiger partial charge in [0.1, 0.15) is 29.6 Å². The maximum absolute atomic E-state index is 14.5. The Bertz CT molecular complexity index is 1490. The number of rotatable bonds is 5. The lowest BCUT2D eigenvalue weighted by atomic mass is 10.1. The molecule has 0 spiro atoms. The zero-order valence-electron chi connectivity index (χ0n) is 19.0. The number of ketones is 1. The minimum absolute atomic E-state index is 0.0971. The van der Waals surface area contributed by atoms with E-state index in [1.54, 1.807) is 0 Å². The summed E-state index contributed by atoms with van der Waals surface area (Å²) in [4.78, 5) is 26.2. The van der Waals surface area contributed by atoms with Crippen molar-refractivity contribution < 1.29 is 26.7 Å². The number of hydrogen-bond acceptors (Lipinski definition) is 8. The fourth-order valence-corrected chi connectivity index (χ4v) is 4.25. The second-order valence-electron chi connectivity index (χ2n) is 8.49. The molecule has 4 heterocycles. The highest BCUT2D eigenvalue weighted by molar-refractivity contribution is 6.03. The minimum Gasteiger partial charge on any atom is -0.383 e. The van der Waals surface area contributed by atoms with Gasteiger partial charge in [-0.25, -0.2) is 28.2 Å². The molecule has 0 saturated carbocycles. The largest absolute Gasteiger partial charge is 0.455 e. The van der Waals surface area contributed by atoms with Crippen molar-refractivity contribution in [2.75, 3.05) is 29.0 Å². The second-order valence-corrected chi connectivity index (χ2v) is 8.49. The molecule has 4 aromatic rings. The third-order valence-electron chi connectivity index (χ3n) is 5.95. The molecule has 9 nitrogen and oxygen atoms in total. The Kier molecular flexibility index (Phi) is 6.09. The predicted molar refractivity (Wildman–Crippen MR) is 124 cm³/mol. The zero-order chi connectivity index (χ0) is 26.3. The van der Waals surface area contributed by atoms with Crippen LogP contribution < -0.4 is 16.0 Å². The molecular weight excluding hydrogens is 499 g/mol. The Balaban J connectivity index is 1.40. The number of carbonyl (C=O) groups excluding carboxylic acids is 1. The number of alkyl halides is 3. The Morgan fingerprint density at radius 3 is 2.68 bits per heavy atom. The molecule has 1 unspecified atom stereocenters. The Hall–Kier alpha value is -4.36. The van der Waals surface area contributed by atoms with Gasteiger partial charge in [0.2, 0.25) is 0 Å². The quantitative estimate of drug-likeness (QED) is 0.302. The molecule has 1 aliphatic heterocycles. The van der Waals surface area contributed by atoms with Gasteiger partial charge < -0.3 is 16.0 Å². The van der Waals surface area contributed by atoms with E-state index in [0.717, 1.165) is 24.6 Å². The Labute approximate surface area is 206 Å². The lowest BCUT2D eigenvalue weighted by Crippen LogP contribution is -2.43. The number of carbonyl (C=O) groups is 1. The fraction of sp³-hybridized carbons (Fsp3) is 0.261. The van der Waals surface area contributed by atoms with E-state index < -0.39 is 35.0 Å². The van der Waals surface area contributed by atoms with Gasteiger partial charge in [-0.2, -0.15) is 18.3 Å². The third kappa shape index (κ3) is 4.86. The summed E-state index contributed by atoms with van der Waals surface area (Å²) in [5.41, 5.74) is 5.67. The van der Waals surface area contributed by atoms with Gasteiger partial charge in [0.05, 0.1) is 17.5 Å². The average molecular weight is 518 g/mol. The summed E-state index contributed by atoms with van der Waals surface area (Å²) in [5, 5.41) is 7.27. The molecule has 37 heavy (non-hydrogen) atoms. The average Bonchev–Trinajstić information content (AvgIpc) is 3.31. The van der Waals surface area contributed by atoms with Crippen molar-refractivity contribution in [2.45, 2.75) is 25.1 Å². The number of nitrogens with zero attached hydrogens (tertiary/aromatic N) is 6. The van der Waals surface area contributed by atoms with Crippen LogP contribution in [0, 0.1) is 11.6 Å². The molecule has 1 fully saturated rings. The monoisotopic (exact) mass is 518 g/mol. The van der Waals surface area contributed by atoms with Crippen molar-refractivity contribution in [2.24, 2.45) is 0 Å². The summed E-state index contributed by atoms with van der Waals surface area (Å²) in [6.45, 7) is 0.993. The molecule has 0 bridgehead atoms. The summed E-state index contributed by atoms with van der Waals surface area (Å²) in [5.74, 6) is -3.42. The van der Waals surface area contributed by atoms with E-state index in [1.165, 1.54) is 29.2 Å². The van der Waals surface area contributed by atoms with Crippen molar-refractivity contribution in [1.29, 1.82) is 0 Å². The normalized spacial score (nSPS) is 16.2. The second kappa shape index (κ2) is 9.26. The van der Waals surface area contributed by atoms with Gasteiger partial charge in [-0.05, 0) is 37.1 Å². The smallest absolute Gasteiger partial charge is 0.383 e. The van der Waals surface area contributed by atoms with Gasteiger partial charge in [0.15, 0.2) is 11.5 Å². The number of piperidine rings is 1. The Morgan fingerprint density at radius 1 is 1.14 bits per heavy atom. The summed E-state index contributed by atoms with van der Waals surface area (Å²) in [7, 11) is 0. The molecule has 5 rings (SSSR count). The van der Waals surface area contributed by atoms with Crippen LogP contribution in [0.2, 0.25) is 0 Å². The lowest BCUT2D eigenvalue weighted by Gasteiger charge is -2.34. The van der Waals surface area contributed by atoms with Crippen LogP contribution in [0.4, 0.5) is 39.4 Å². The van der Waals surface area contributed by atoms with Crippen molar-refractivity contribution in [3.63, 3.8) is 0 Å². The van der Waals surface area contributed by atoms with E-state index in [2.05, 4.69) is 25.4 Å². The van der Waals surface area contributed by atoms with Crippen LogP contribution in [0.25, 0.3) is 16.9 Å². The van der Waals surface area contributed by atoms with E-state index in [0.29, 0.717) is 31.0 Å². The molecule has 1 aliphatic rings. The number of fused-ring (bicyclic) bond motifs is 1. The molecule has 3 aromatic heterocycles. The number of pyridine rings is 1. The summed E-state index contributed by atoms with van der Waals surface area (Å²) >= 11 is 0. The zero-order valence-corrected chi connectivity index (χ0v) is 19.0. The first-order valence-corrected chi connectivity index (χ1v) is 11.2. The molecule has 1 aromatic carbocycles. The third-order valence-corrected chi connectivity index (χ3v) is 5.95. The number of nitrogen functional groups attached to an aromatic ring is 1. The SMILES string of the molecule is Nc1nc(NC2CCCN(c3nc(-c4ccc(F)cc4F)cn4ncnc34)C2)ccc1C(=O)C(F)(F)F. The number of halogens is 5. The van der Waals surface area contributed by atoms with Crippen LogP contribution in [0.5, 0.6) is 0 Å². The number of nitrogens with two attached hydrogens (primary N) is 1. The van der Waals surface area contributed by atoms with Gasteiger partial charge >= 0.3 is 6.18 Å². The summed E-state index contributed by atoms with van der Waals surface area (Å²) in [6.07, 6.45) is -0.800. The van der Waals surface area contributed by atoms with Crippen LogP contribution in [-0.2, 0) is 0 Å². The van der Waals surface area contributed by atoms with E-state index >= 15 is 0 Å². The molecule has 1 atom stereocenters. The van der Waals surface area contributed by atoms with Gasteiger partial charge in [-0.1, -0.05) is 0 Å². The molecular formula is C23H19F5N8O. The van der Waals surface area contributed by atoms with Gasteiger partial charge in [0, 0.05) is 30.8 Å². The first-order chi connectivity index (χ1) is 17.6. The lowest BCUT2D eigenvalue weighted by molar-refractivity contribution is -0.0884. The molecule has 0 radical (unpaired) electrons. The summed E-state index contributed by atoms with van der Waals surface area (Å²) < 4.78 is 67.6. The van der Waals surface area contributed by atoms with E-state index in [1.807, 2.05) is 4.90 Å². The molecule has 1 saturated heterocycles. The van der Waals surface area contributed by atoms with Gasteiger partial charge in [-0.3, -0.25) is 4.79 Å². The first-order valence-electron chi connectivity index (χ1n) is 11.2. The molecule has 0 aliphatic carbocycles. The molecule has 192 valence electrons. The van der Waals surface area contributed by atoms with Gasteiger partial charge in [0.25, 0.3) is 5.78 Å². The van der Waals surface area contributed by atoms with Crippen LogP contribution >= 0.6 is 0 Å². The topological polar surface area (TPSA) is 114 Å². The van der Waals surface area contributed by atoms with Crippen LogP contribution in [0.1, 0.15) is 23.2 Å². The van der Waals surface area contributed by atoms with E-state index in [9.17, 15) is 26.7 Å². The molecule has 3 N–H and O–H groups in total. The number of Topliss-reactive ketones (excluding diaryl/α,β-unsaturated/α-hetero) is 1. The molecule has 0 amide bonds. The first kappa shape index (κ1) is 24.3. The maximum atomic E-state index is 14.5. The van der Waals surface area contributed by atoms with E-state index in [-0.39, 0.29) is 23.1 Å². The van der Waals surface area contributed by atoms with Gasteiger partial charge in [-0.15, -0.1) is 0 Å². The van der Waals surface area contributed by atoms with Crippen molar-refractivity contribution in [3.8, 4) is 11.3 Å². The minimum atomic E-state index is -5.06. The van der Waals surface area contributed by atoms with Crippen LogP contribution in [0.3, 0.4) is 0 Å². The highest BCUT2D eigenvalue weighted by Gasteiger charge is 2.40. The molecule has 14 heteroatoms. The number of benzene rings is 1. The summed E-state index contributed by atoms with van der Waals surface area (Å²) in [6, 6.07) is 5.25. The maximum Gasteiger partial charge on any atom is 0.455 e.